The first-order valence-electron chi connectivity index (χ1n) is 8.12. The highest BCUT2D eigenvalue weighted by molar-refractivity contribution is 5.72. The first-order valence-corrected chi connectivity index (χ1v) is 8.12. The van der Waals surface area contributed by atoms with Crippen molar-refractivity contribution in [3.8, 4) is 22.6 Å². The molecule has 3 heterocycles. The fourth-order valence-corrected chi connectivity index (χ4v) is 2.57. The van der Waals surface area contributed by atoms with Gasteiger partial charge in [-0.3, -0.25) is 4.79 Å². The molecule has 0 aliphatic rings. The summed E-state index contributed by atoms with van der Waals surface area (Å²) in [4.78, 5) is 20.3. The normalized spacial score (nSPS) is 11.0. The summed E-state index contributed by atoms with van der Waals surface area (Å²) in [7, 11) is 0. The summed E-state index contributed by atoms with van der Waals surface area (Å²) in [6.07, 6.45) is 3.52. The van der Waals surface area contributed by atoms with Crippen molar-refractivity contribution in [2.24, 2.45) is 0 Å². The zero-order chi connectivity index (χ0) is 17.9. The van der Waals surface area contributed by atoms with Gasteiger partial charge >= 0.3 is 5.97 Å². The summed E-state index contributed by atoms with van der Waals surface area (Å²) in [5.74, 6) is 0.238. The van der Waals surface area contributed by atoms with Gasteiger partial charge in [0.05, 0.1) is 18.5 Å². The third kappa shape index (κ3) is 3.16. The molecule has 3 aromatic heterocycles. The standard InChI is InChI=1S/C18H15N5O3/c1-2-25-17(24)10-16-21-18(22-26-16)13-6-3-5-12(9-13)14-11-23-15(20-14)7-4-8-19-23/h3-9,11H,2,10H2,1H3. The van der Waals surface area contributed by atoms with Crippen LogP contribution in [0.5, 0.6) is 0 Å². The van der Waals surface area contributed by atoms with Gasteiger partial charge in [-0.2, -0.15) is 10.1 Å². The number of imidazole rings is 1. The quantitative estimate of drug-likeness (QED) is 0.511. The van der Waals surface area contributed by atoms with Crippen LogP contribution in [0.15, 0.2) is 53.3 Å². The van der Waals surface area contributed by atoms with Gasteiger partial charge in [0, 0.05) is 17.3 Å². The van der Waals surface area contributed by atoms with E-state index in [-0.39, 0.29) is 12.3 Å². The molecule has 26 heavy (non-hydrogen) atoms. The lowest BCUT2D eigenvalue weighted by Crippen LogP contribution is -2.07. The van der Waals surface area contributed by atoms with E-state index in [0.29, 0.717) is 12.4 Å². The Kier molecular flexibility index (Phi) is 4.14. The minimum Gasteiger partial charge on any atom is -0.466 e. The predicted octanol–water partition coefficient (Wildman–Crippen LogP) is 2.55. The minimum absolute atomic E-state index is 0.0430. The molecule has 0 saturated heterocycles. The van der Waals surface area contributed by atoms with Crippen LogP contribution in [0.2, 0.25) is 0 Å². The number of nitrogens with zero attached hydrogens (tertiary/aromatic N) is 5. The number of aromatic nitrogens is 5. The van der Waals surface area contributed by atoms with Gasteiger partial charge in [-0.1, -0.05) is 23.4 Å². The Bertz CT molecular complexity index is 1040. The lowest BCUT2D eigenvalue weighted by Gasteiger charge is -1.99. The second-order valence-corrected chi connectivity index (χ2v) is 5.53. The molecule has 130 valence electrons. The maximum atomic E-state index is 11.5. The van der Waals surface area contributed by atoms with E-state index in [1.54, 1.807) is 17.6 Å². The molecular weight excluding hydrogens is 334 g/mol. The van der Waals surface area contributed by atoms with E-state index >= 15 is 0 Å². The molecule has 0 N–H and O–H groups in total. The summed E-state index contributed by atoms with van der Waals surface area (Å²) in [5, 5.41) is 8.17. The fraction of sp³-hybridized carbons (Fsp3) is 0.167. The molecule has 0 aliphatic carbocycles. The second kappa shape index (κ2) is 6.75. The first kappa shape index (κ1) is 15.9. The Morgan fingerprint density at radius 1 is 1.19 bits per heavy atom. The van der Waals surface area contributed by atoms with Crippen LogP contribution in [0.25, 0.3) is 28.3 Å². The topological polar surface area (TPSA) is 95.4 Å². The lowest BCUT2D eigenvalue weighted by molar-refractivity contribution is -0.142. The highest BCUT2D eigenvalue weighted by atomic mass is 16.5. The number of hydrogen-bond acceptors (Lipinski definition) is 7. The van der Waals surface area contributed by atoms with Crippen LogP contribution in [0.1, 0.15) is 12.8 Å². The van der Waals surface area contributed by atoms with E-state index in [4.69, 9.17) is 9.26 Å². The number of hydrogen-bond donors (Lipinski definition) is 0. The first-order chi connectivity index (χ1) is 12.7. The number of benzene rings is 1. The number of carbonyl (C=O) groups is 1. The van der Waals surface area contributed by atoms with Crippen molar-refractivity contribution < 1.29 is 14.1 Å². The largest absolute Gasteiger partial charge is 0.466 e. The van der Waals surface area contributed by atoms with Crippen LogP contribution in [0, 0.1) is 0 Å². The molecule has 0 saturated carbocycles. The van der Waals surface area contributed by atoms with Gasteiger partial charge in [-0.15, -0.1) is 0 Å². The molecule has 0 spiro atoms. The van der Waals surface area contributed by atoms with Gasteiger partial charge in [0.1, 0.15) is 6.42 Å². The summed E-state index contributed by atoms with van der Waals surface area (Å²) in [6, 6.07) is 11.4. The zero-order valence-electron chi connectivity index (χ0n) is 14.0. The monoisotopic (exact) mass is 349 g/mol. The third-order valence-electron chi connectivity index (χ3n) is 3.72. The van der Waals surface area contributed by atoms with Crippen LogP contribution >= 0.6 is 0 Å². The Labute approximate surface area is 148 Å². The van der Waals surface area contributed by atoms with E-state index in [1.807, 2.05) is 42.6 Å². The van der Waals surface area contributed by atoms with Crippen molar-refractivity contribution in [3.63, 3.8) is 0 Å². The molecule has 0 amide bonds. The van der Waals surface area contributed by atoms with Crippen molar-refractivity contribution in [2.45, 2.75) is 13.3 Å². The van der Waals surface area contributed by atoms with Crippen molar-refractivity contribution in [3.05, 3.63) is 54.7 Å². The molecule has 0 radical (unpaired) electrons. The molecule has 8 nitrogen and oxygen atoms in total. The molecular formula is C18H15N5O3. The zero-order valence-corrected chi connectivity index (χ0v) is 14.0. The molecule has 0 bridgehead atoms. The molecule has 1 aromatic carbocycles. The summed E-state index contributed by atoms with van der Waals surface area (Å²) >= 11 is 0. The SMILES string of the molecule is CCOC(=O)Cc1nc(-c2cccc(-c3cn4ncccc4n3)c2)no1. The Balaban J connectivity index is 1.61. The third-order valence-corrected chi connectivity index (χ3v) is 3.72. The van der Waals surface area contributed by atoms with Crippen LogP contribution < -0.4 is 0 Å². The highest BCUT2D eigenvalue weighted by Crippen LogP contribution is 2.24. The molecule has 0 aliphatic heterocycles. The average molecular weight is 349 g/mol. The highest BCUT2D eigenvalue weighted by Gasteiger charge is 2.14. The number of carbonyl (C=O) groups excluding carboxylic acids is 1. The second-order valence-electron chi connectivity index (χ2n) is 5.53. The van der Waals surface area contributed by atoms with Crippen molar-refractivity contribution in [1.29, 1.82) is 0 Å². The number of fused-ring (bicyclic) bond motifs is 1. The molecule has 4 rings (SSSR count). The molecule has 4 aromatic rings. The summed E-state index contributed by atoms with van der Waals surface area (Å²) < 4.78 is 11.7. The Hall–Kier alpha value is -3.55. The maximum absolute atomic E-state index is 11.5. The van der Waals surface area contributed by atoms with E-state index in [0.717, 1.165) is 22.5 Å². The number of ether oxygens (including phenoxy) is 1. The molecule has 0 atom stereocenters. The van der Waals surface area contributed by atoms with Gasteiger partial charge in [0.2, 0.25) is 11.7 Å². The van der Waals surface area contributed by atoms with Gasteiger partial charge in [-0.25, -0.2) is 9.50 Å². The van der Waals surface area contributed by atoms with Crippen LogP contribution in [0.4, 0.5) is 0 Å². The van der Waals surface area contributed by atoms with E-state index in [9.17, 15) is 4.79 Å². The van der Waals surface area contributed by atoms with Crippen LogP contribution in [-0.4, -0.2) is 37.3 Å². The maximum Gasteiger partial charge on any atom is 0.315 e. The summed E-state index contributed by atoms with van der Waals surface area (Å²) in [6.45, 7) is 2.06. The van der Waals surface area contributed by atoms with Crippen molar-refractivity contribution in [1.82, 2.24) is 24.7 Å². The van der Waals surface area contributed by atoms with Gasteiger partial charge in [0.25, 0.3) is 0 Å². The minimum atomic E-state index is -0.395. The fourth-order valence-electron chi connectivity index (χ4n) is 2.57. The number of rotatable bonds is 5. The van der Waals surface area contributed by atoms with Gasteiger partial charge in [0.15, 0.2) is 5.65 Å². The predicted molar refractivity (Wildman–Crippen MR) is 92.1 cm³/mol. The van der Waals surface area contributed by atoms with Crippen LogP contribution in [-0.2, 0) is 16.0 Å². The van der Waals surface area contributed by atoms with Gasteiger partial charge in [-0.05, 0) is 25.1 Å². The van der Waals surface area contributed by atoms with E-state index in [2.05, 4.69) is 20.2 Å². The van der Waals surface area contributed by atoms with Crippen molar-refractivity contribution in [2.75, 3.05) is 6.61 Å². The molecule has 8 heteroatoms. The Morgan fingerprint density at radius 3 is 2.92 bits per heavy atom. The Morgan fingerprint density at radius 2 is 2.08 bits per heavy atom. The summed E-state index contributed by atoms with van der Waals surface area (Å²) in [5.41, 5.74) is 3.24. The number of esters is 1. The van der Waals surface area contributed by atoms with E-state index in [1.165, 1.54) is 0 Å². The van der Waals surface area contributed by atoms with E-state index < -0.39 is 5.97 Å². The lowest BCUT2D eigenvalue weighted by atomic mass is 10.1. The smallest absolute Gasteiger partial charge is 0.315 e. The molecule has 0 unspecified atom stereocenters. The molecule has 0 fully saturated rings. The van der Waals surface area contributed by atoms with Crippen molar-refractivity contribution >= 4 is 11.6 Å². The average Bonchev–Trinajstić information content (AvgIpc) is 3.29. The van der Waals surface area contributed by atoms with Gasteiger partial charge < -0.3 is 9.26 Å². The van der Waals surface area contributed by atoms with Crippen LogP contribution in [0.3, 0.4) is 0 Å².